The molecule has 6 nitrogen and oxygen atoms in total. The van der Waals surface area contributed by atoms with Crippen LogP contribution in [0.2, 0.25) is 0 Å². The average Bonchev–Trinajstić information content (AvgIpc) is 2.79. The van der Waals surface area contributed by atoms with Crippen LogP contribution in [0.1, 0.15) is 32.6 Å². The van der Waals surface area contributed by atoms with Crippen LogP contribution in [0.5, 0.6) is 0 Å². The number of carboxylic acid groups (broad SMARTS) is 1. The Bertz CT molecular complexity index is 415. The largest absolute Gasteiger partial charge is 0.481 e. The summed E-state index contributed by atoms with van der Waals surface area (Å²) in [5.74, 6) is -0.749. The SMILES string of the molecule is CC1(C(=O)O)CCCCC1NC(=O)C1CSC(=O)N1. The summed E-state index contributed by atoms with van der Waals surface area (Å²) in [4.78, 5) is 34.5. The molecule has 0 aromatic heterocycles. The number of thioether (sulfide) groups is 1. The van der Waals surface area contributed by atoms with Crippen molar-refractivity contribution in [3.05, 3.63) is 0 Å². The third-order valence-electron chi connectivity index (χ3n) is 4.00. The molecule has 0 radical (unpaired) electrons. The number of carbonyl (C=O) groups excluding carboxylic acids is 2. The van der Waals surface area contributed by atoms with Crippen molar-refractivity contribution in [1.82, 2.24) is 10.6 Å². The Hall–Kier alpha value is -1.24. The van der Waals surface area contributed by atoms with Crippen LogP contribution < -0.4 is 10.6 Å². The summed E-state index contributed by atoms with van der Waals surface area (Å²) in [6.45, 7) is 1.68. The lowest BCUT2D eigenvalue weighted by Crippen LogP contribution is -2.55. The highest BCUT2D eigenvalue weighted by molar-refractivity contribution is 8.14. The van der Waals surface area contributed by atoms with Gasteiger partial charge < -0.3 is 15.7 Å². The summed E-state index contributed by atoms with van der Waals surface area (Å²) in [5, 5.41) is 14.5. The summed E-state index contributed by atoms with van der Waals surface area (Å²) in [6.07, 6.45) is 3.02. The quantitative estimate of drug-likeness (QED) is 0.718. The highest BCUT2D eigenvalue weighted by Crippen LogP contribution is 2.36. The van der Waals surface area contributed by atoms with Crippen molar-refractivity contribution in [3.8, 4) is 0 Å². The Morgan fingerprint density at radius 2 is 2.21 bits per heavy atom. The number of nitrogens with one attached hydrogen (secondary N) is 2. The fraction of sp³-hybridized carbons (Fsp3) is 0.750. The van der Waals surface area contributed by atoms with E-state index in [1.54, 1.807) is 6.92 Å². The second-order valence-electron chi connectivity index (χ2n) is 5.32. The zero-order valence-corrected chi connectivity index (χ0v) is 11.6. The highest BCUT2D eigenvalue weighted by atomic mass is 32.2. The number of amides is 2. The zero-order valence-electron chi connectivity index (χ0n) is 10.8. The van der Waals surface area contributed by atoms with Crippen molar-refractivity contribution in [2.45, 2.75) is 44.7 Å². The van der Waals surface area contributed by atoms with E-state index in [2.05, 4.69) is 10.6 Å². The Kier molecular flexibility index (Phi) is 4.03. The first-order chi connectivity index (χ1) is 8.93. The molecule has 7 heteroatoms. The molecule has 2 aliphatic rings. The Labute approximate surface area is 115 Å². The molecule has 0 aromatic carbocycles. The van der Waals surface area contributed by atoms with Crippen molar-refractivity contribution in [2.75, 3.05) is 5.75 Å². The molecule has 1 aliphatic carbocycles. The fourth-order valence-corrected chi connectivity index (χ4v) is 3.40. The minimum absolute atomic E-state index is 0.204. The standard InChI is InChI=1S/C12H18N2O4S/c1-12(10(16)17)5-3-2-4-8(12)14-9(15)7-6-19-11(18)13-7/h7-8H,2-6H2,1H3,(H,13,18)(H,14,15)(H,16,17). The number of carbonyl (C=O) groups is 3. The van der Waals surface area contributed by atoms with Crippen LogP contribution in [-0.4, -0.2) is 40.1 Å². The number of hydrogen-bond donors (Lipinski definition) is 3. The van der Waals surface area contributed by atoms with Gasteiger partial charge in [0, 0.05) is 11.8 Å². The predicted octanol–water partition coefficient (Wildman–Crippen LogP) is 0.961. The smallest absolute Gasteiger partial charge is 0.311 e. The monoisotopic (exact) mass is 286 g/mol. The molecule has 106 valence electrons. The third kappa shape index (κ3) is 2.86. The average molecular weight is 286 g/mol. The van der Waals surface area contributed by atoms with Crippen LogP contribution in [0.4, 0.5) is 4.79 Å². The van der Waals surface area contributed by atoms with Gasteiger partial charge in [0.15, 0.2) is 0 Å². The second-order valence-corrected chi connectivity index (χ2v) is 6.32. The van der Waals surface area contributed by atoms with E-state index in [1.165, 1.54) is 0 Å². The lowest BCUT2D eigenvalue weighted by atomic mass is 9.71. The van der Waals surface area contributed by atoms with Gasteiger partial charge in [-0.25, -0.2) is 0 Å². The molecular weight excluding hydrogens is 268 g/mol. The molecule has 2 fully saturated rings. The topological polar surface area (TPSA) is 95.5 Å². The maximum absolute atomic E-state index is 12.0. The van der Waals surface area contributed by atoms with E-state index >= 15 is 0 Å². The van der Waals surface area contributed by atoms with Crippen LogP contribution in [0.25, 0.3) is 0 Å². The zero-order chi connectivity index (χ0) is 14.0. The molecule has 0 bridgehead atoms. The van der Waals surface area contributed by atoms with E-state index in [9.17, 15) is 19.5 Å². The maximum Gasteiger partial charge on any atom is 0.311 e. The molecule has 2 rings (SSSR count). The van der Waals surface area contributed by atoms with E-state index in [0.29, 0.717) is 18.6 Å². The number of hydrogen-bond acceptors (Lipinski definition) is 4. The van der Waals surface area contributed by atoms with Gasteiger partial charge in [0.25, 0.3) is 5.24 Å². The van der Waals surface area contributed by atoms with Crippen molar-refractivity contribution in [1.29, 1.82) is 0 Å². The summed E-state index contributed by atoms with van der Waals surface area (Å²) in [7, 11) is 0. The van der Waals surface area contributed by atoms with Gasteiger partial charge in [0.2, 0.25) is 5.91 Å². The van der Waals surface area contributed by atoms with E-state index in [1.807, 2.05) is 0 Å². The summed E-state index contributed by atoms with van der Waals surface area (Å²) in [6, 6.07) is -0.911. The number of aliphatic carboxylic acids is 1. The van der Waals surface area contributed by atoms with Gasteiger partial charge in [0.05, 0.1) is 5.41 Å². The van der Waals surface area contributed by atoms with Crippen molar-refractivity contribution in [2.24, 2.45) is 5.41 Å². The van der Waals surface area contributed by atoms with Gasteiger partial charge in [-0.15, -0.1) is 0 Å². The lowest BCUT2D eigenvalue weighted by Gasteiger charge is -2.38. The molecule has 3 unspecified atom stereocenters. The molecule has 19 heavy (non-hydrogen) atoms. The van der Waals surface area contributed by atoms with Gasteiger partial charge in [-0.05, 0) is 19.8 Å². The van der Waals surface area contributed by atoms with Crippen LogP contribution in [0.15, 0.2) is 0 Å². The van der Waals surface area contributed by atoms with Gasteiger partial charge in [0.1, 0.15) is 6.04 Å². The van der Waals surface area contributed by atoms with E-state index < -0.39 is 17.4 Å². The summed E-state index contributed by atoms with van der Waals surface area (Å²) >= 11 is 1.07. The van der Waals surface area contributed by atoms with Crippen molar-refractivity contribution < 1.29 is 19.5 Å². The first-order valence-electron chi connectivity index (χ1n) is 6.40. The molecule has 3 N–H and O–H groups in total. The minimum atomic E-state index is -0.913. The van der Waals surface area contributed by atoms with Crippen LogP contribution >= 0.6 is 11.8 Å². The minimum Gasteiger partial charge on any atom is -0.481 e. The number of rotatable bonds is 3. The Morgan fingerprint density at radius 1 is 1.47 bits per heavy atom. The van der Waals surface area contributed by atoms with Gasteiger partial charge in [-0.2, -0.15) is 0 Å². The molecule has 1 heterocycles. The molecule has 0 spiro atoms. The summed E-state index contributed by atoms with van der Waals surface area (Å²) < 4.78 is 0. The highest BCUT2D eigenvalue weighted by Gasteiger charge is 2.44. The molecule has 1 aliphatic heterocycles. The Morgan fingerprint density at radius 3 is 2.79 bits per heavy atom. The molecule has 3 atom stereocenters. The van der Waals surface area contributed by atoms with Crippen molar-refractivity contribution >= 4 is 28.9 Å². The molecule has 1 saturated carbocycles. The normalized spacial score (nSPS) is 34.7. The third-order valence-corrected chi connectivity index (χ3v) is 4.88. The molecule has 1 saturated heterocycles. The van der Waals surface area contributed by atoms with Crippen LogP contribution in [0, 0.1) is 5.41 Å². The lowest BCUT2D eigenvalue weighted by molar-refractivity contribution is -0.152. The first-order valence-corrected chi connectivity index (χ1v) is 7.39. The predicted molar refractivity (Wildman–Crippen MR) is 70.9 cm³/mol. The second kappa shape index (κ2) is 5.40. The first kappa shape index (κ1) is 14.2. The number of carboxylic acids is 1. The van der Waals surface area contributed by atoms with Crippen LogP contribution in [-0.2, 0) is 9.59 Å². The van der Waals surface area contributed by atoms with Gasteiger partial charge in [-0.1, -0.05) is 24.6 Å². The van der Waals surface area contributed by atoms with E-state index in [0.717, 1.165) is 24.6 Å². The maximum atomic E-state index is 12.0. The summed E-state index contributed by atoms with van der Waals surface area (Å²) in [5.41, 5.74) is -0.913. The fourth-order valence-electron chi connectivity index (χ4n) is 2.62. The van der Waals surface area contributed by atoms with Gasteiger partial charge in [-0.3, -0.25) is 14.4 Å². The Balaban J connectivity index is 2.02. The molecule has 2 amide bonds. The van der Waals surface area contributed by atoms with Gasteiger partial charge >= 0.3 is 5.97 Å². The molecule has 0 aromatic rings. The van der Waals surface area contributed by atoms with E-state index in [-0.39, 0.29) is 17.2 Å². The van der Waals surface area contributed by atoms with E-state index in [4.69, 9.17) is 0 Å². The van der Waals surface area contributed by atoms with Crippen molar-refractivity contribution in [3.63, 3.8) is 0 Å². The van der Waals surface area contributed by atoms with Crippen LogP contribution in [0.3, 0.4) is 0 Å². The molecular formula is C12H18N2O4S.